The third-order valence-electron chi connectivity index (χ3n) is 2.40. The zero-order valence-electron chi connectivity index (χ0n) is 9.55. The van der Waals surface area contributed by atoms with Crippen LogP contribution in [0.25, 0.3) is 0 Å². The van der Waals surface area contributed by atoms with Crippen LogP contribution in [0.1, 0.15) is 18.1 Å². The summed E-state index contributed by atoms with van der Waals surface area (Å²) >= 11 is 2.83. The van der Waals surface area contributed by atoms with Gasteiger partial charge in [0.2, 0.25) is 0 Å². The molecule has 88 valence electrons. The SMILES string of the molecule is CCc1cc(CCNC(=O)Br)ccc1OC. The first kappa shape index (κ1) is 13.0. The smallest absolute Gasteiger partial charge is 0.287 e. The summed E-state index contributed by atoms with van der Waals surface area (Å²) in [5.74, 6) is 0.927. The second kappa shape index (κ2) is 6.53. The largest absolute Gasteiger partial charge is 0.496 e. The van der Waals surface area contributed by atoms with Crippen molar-refractivity contribution in [3.63, 3.8) is 0 Å². The molecule has 1 aromatic carbocycles. The molecular weight excluding hydrogens is 270 g/mol. The normalized spacial score (nSPS) is 9.94. The lowest BCUT2D eigenvalue weighted by Crippen LogP contribution is -2.19. The van der Waals surface area contributed by atoms with E-state index in [0.717, 1.165) is 18.6 Å². The molecule has 0 radical (unpaired) electrons. The summed E-state index contributed by atoms with van der Waals surface area (Å²) in [6.45, 7) is 2.74. The number of rotatable bonds is 5. The van der Waals surface area contributed by atoms with Crippen LogP contribution in [0.4, 0.5) is 4.79 Å². The molecule has 0 aliphatic heterocycles. The molecule has 0 unspecified atom stereocenters. The van der Waals surface area contributed by atoms with Crippen molar-refractivity contribution in [2.45, 2.75) is 19.8 Å². The molecule has 0 bridgehead atoms. The van der Waals surface area contributed by atoms with Gasteiger partial charge in [0.05, 0.1) is 7.11 Å². The Balaban J connectivity index is 2.64. The maximum absolute atomic E-state index is 10.6. The van der Waals surface area contributed by atoms with Gasteiger partial charge in [0.1, 0.15) is 5.75 Å². The minimum Gasteiger partial charge on any atom is -0.496 e. The van der Waals surface area contributed by atoms with Crippen molar-refractivity contribution in [1.82, 2.24) is 5.32 Å². The lowest BCUT2D eigenvalue weighted by atomic mass is 10.1. The van der Waals surface area contributed by atoms with E-state index in [0.29, 0.717) is 6.54 Å². The summed E-state index contributed by atoms with van der Waals surface area (Å²) in [5, 5.41) is 2.71. The van der Waals surface area contributed by atoms with Gasteiger partial charge in [0, 0.05) is 22.5 Å². The number of aryl methyl sites for hydroxylation is 1. The minimum atomic E-state index is -0.170. The topological polar surface area (TPSA) is 38.3 Å². The predicted octanol–water partition coefficient (Wildman–Crippen LogP) is 2.90. The number of nitrogens with one attached hydrogen (secondary N) is 1. The second-order valence-electron chi connectivity index (χ2n) is 3.45. The molecule has 0 fully saturated rings. The van der Waals surface area contributed by atoms with E-state index in [9.17, 15) is 4.79 Å². The number of carbonyl (C=O) groups excluding carboxylic acids is 1. The summed E-state index contributed by atoms with van der Waals surface area (Å²) in [4.78, 5) is 10.5. The zero-order chi connectivity index (χ0) is 12.0. The van der Waals surface area contributed by atoms with E-state index in [4.69, 9.17) is 4.74 Å². The first-order valence-electron chi connectivity index (χ1n) is 5.26. The van der Waals surface area contributed by atoms with Crippen LogP contribution in [0, 0.1) is 0 Å². The summed E-state index contributed by atoms with van der Waals surface area (Å²) in [7, 11) is 1.68. The van der Waals surface area contributed by atoms with Gasteiger partial charge < -0.3 is 10.1 Å². The summed E-state index contributed by atoms with van der Waals surface area (Å²) in [6.07, 6.45) is 1.77. The maximum atomic E-state index is 10.6. The second-order valence-corrected chi connectivity index (χ2v) is 4.17. The van der Waals surface area contributed by atoms with E-state index < -0.39 is 0 Å². The van der Waals surface area contributed by atoms with Crippen molar-refractivity contribution in [3.8, 4) is 5.75 Å². The molecule has 16 heavy (non-hydrogen) atoms. The molecule has 0 aliphatic rings. The third kappa shape index (κ3) is 3.85. The molecule has 0 saturated heterocycles. The number of hydrogen-bond acceptors (Lipinski definition) is 2. The zero-order valence-corrected chi connectivity index (χ0v) is 11.1. The van der Waals surface area contributed by atoms with E-state index in [2.05, 4.69) is 34.2 Å². The Morgan fingerprint density at radius 3 is 2.81 bits per heavy atom. The number of methoxy groups -OCH3 is 1. The maximum Gasteiger partial charge on any atom is 0.287 e. The standard InChI is InChI=1S/C12H16BrNO2/c1-3-10-8-9(4-5-11(10)16-2)6-7-14-12(13)15/h4-5,8H,3,6-7H2,1-2H3,(H,14,15). The number of carbonyl (C=O) groups is 1. The van der Waals surface area contributed by atoms with E-state index in [-0.39, 0.29) is 4.82 Å². The van der Waals surface area contributed by atoms with Crippen LogP contribution >= 0.6 is 15.9 Å². The Hall–Kier alpha value is -1.03. The first-order valence-corrected chi connectivity index (χ1v) is 6.05. The molecule has 3 nitrogen and oxygen atoms in total. The van der Waals surface area contributed by atoms with Crippen LogP contribution in [0.3, 0.4) is 0 Å². The van der Waals surface area contributed by atoms with Gasteiger partial charge >= 0.3 is 0 Å². The van der Waals surface area contributed by atoms with Crippen LogP contribution in [0.2, 0.25) is 0 Å². The van der Waals surface area contributed by atoms with Crippen molar-refractivity contribution in [1.29, 1.82) is 0 Å². The van der Waals surface area contributed by atoms with E-state index >= 15 is 0 Å². The van der Waals surface area contributed by atoms with Crippen LogP contribution in [-0.4, -0.2) is 18.5 Å². The molecule has 1 aromatic rings. The molecule has 0 aromatic heterocycles. The summed E-state index contributed by atoms with van der Waals surface area (Å²) in [6, 6.07) is 6.13. The first-order chi connectivity index (χ1) is 7.67. The van der Waals surface area contributed by atoms with E-state index in [1.807, 2.05) is 12.1 Å². The van der Waals surface area contributed by atoms with Crippen LogP contribution in [0.15, 0.2) is 18.2 Å². The van der Waals surface area contributed by atoms with Gasteiger partial charge in [-0.2, -0.15) is 0 Å². The van der Waals surface area contributed by atoms with Gasteiger partial charge in [-0.3, -0.25) is 4.79 Å². The summed E-state index contributed by atoms with van der Waals surface area (Å²) in [5.41, 5.74) is 2.41. The molecular formula is C12H16BrNO2. The predicted molar refractivity (Wildman–Crippen MR) is 68.4 cm³/mol. The van der Waals surface area contributed by atoms with Gasteiger partial charge in [-0.1, -0.05) is 19.1 Å². The summed E-state index contributed by atoms with van der Waals surface area (Å²) < 4.78 is 5.26. The van der Waals surface area contributed by atoms with Crippen molar-refractivity contribution >= 4 is 20.7 Å². The third-order valence-corrected chi connectivity index (χ3v) is 2.68. The fourth-order valence-electron chi connectivity index (χ4n) is 1.57. The van der Waals surface area contributed by atoms with Crippen molar-refractivity contribution in [2.75, 3.05) is 13.7 Å². The Bertz CT molecular complexity index is 366. The number of ether oxygens (including phenoxy) is 1. The highest BCUT2D eigenvalue weighted by Crippen LogP contribution is 2.20. The number of hydrogen-bond donors (Lipinski definition) is 1. The quantitative estimate of drug-likeness (QED) is 0.667. The van der Waals surface area contributed by atoms with Crippen molar-refractivity contribution in [3.05, 3.63) is 29.3 Å². The number of amides is 1. The van der Waals surface area contributed by atoms with Gasteiger partial charge in [-0.15, -0.1) is 0 Å². The molecule has 0 aliphatic carbocycles. The molecule has 0 spiro atoms. The van der Waals surface area contributed by atoms with Crippen LogP contribution in [-0.2, 0) is 12.8 Å². The van der Waals surface area contributed by atoms with Crippen molar-refractivity contribution < 1.29 is 9.53 Å². The molecule has 0 saturated carbocycles. The van der Waals surface area contributed by atoms with Gasteiger partial charge in [0.15, 0.2) is 0 Å². The lowest BCUT2D eigenvalue weighted by Gasteiger charge is -2.09. The molecule has 4 heteroatoms. The number of halogens is 1. The highest BCUT2D eigenvalue weighted by atomic mass is 79.9. The van der Waals surface area contributed by atoms with Gasteiger partial charge in [0.25, 0.3) is 4.82 Å². The molecule has 1 rings (SSSR count). The van der Waals surface area contributed by atoms with E-state index in [1.54, 1.807) is 7.11 Å². The molecule has 0 atom stereocenters. The lowest BCUT2D eigenvalue weighted by molar-refractivity contribution is 0.262. The number of benzene rings is 1. The minimum absolute atomic E-state index is 0.170. The molecule has 1 amide bonds. The van der Waals surface area contributed by atoms with Crippen molar-refractivity contribution in [2.24, 2.45) is 0 Å². The van der Waals surface area contributed by atoms with Crippen LogP contribution < -0.4 is 10.1 Å². The van der Waals surface area contributed by atoms with Gasteiger partial charge in [-0.05, 0) is 30.0 Å². The Kier molecular flexibility index (Phi) is 5.32. The Morgan fingerprint density at radius 2 is 2.25 bits per heavy atom. The molecule has 0 heterocycles. The molecule has 1 N–H and O–H groups in total. The Morgan fingerprint density at radius 1 is 1.50 bits per heavy atom. The van der Waals surface area contributed by atoms with E-state index in [1.165, 1.54) is 11.1 Å². The monoisotopic (exact) mass is 285 g/mol. The average molecular weight is 286 g/mol. The fourth-order valence-corrected chi connectivity index (χ4v) is 1.77. The van der Waals surface area contributed by atoms with Crippen LogP contribution in [0.5, 0.6) is 5.75 Å². The Labute approximate surface area is 104 Å². The fraction of sp³-hybridized carbons (Fsp3) is 0.417. The average Bonchev–Trinajstić information content (AvgIpc) is 2.28. The highest BCUT2D eigenvalue weighted by Gasteiger charge is 2.02. The van der Waals surface area contributed by atoms with Gasteiger partial charge in [-0.25, -0.2) is 0 Å². The highest BCUT2D eigenvalue weighted by molar-refractivity contribution is 9.18.